The zero-order valence-electron chi connectivity index (χ0n) is 4.98. The Balaban J connectivity index is 2.99. The molecule has 1 aromatic heterocycles. The zero-order chi connectivity index (χ0) is 8.48. The van der Waals surface area contributed by atoms with Crippen LogP contribution >= 0.6 is 11.6 Å². The van der Waals surface area contributed by atoms with Crippen LogP contribution in [-0.4, -0.2) is 9.97 Å². The predicted molar refractivity (Wildman–Crippen MR) is 30.9 cm³/mol. The lowest BCUT2D eigenvalue weighted by atomic mass is 10.5. The van der Waals surface area contributed by atoms with Crippen LogP contribution in [0.2, 0.25) is 5.02 Å². The molecular weight excluding hydrogens is 181 g/mol. The molecule has 0 fully saturated rings. The summed E-state index contributed by atoms with van der Waals surface area (Å²) in [5.41, 5.74) is 0. The highest BCUT2D eigenvalue weighted by molar-refractivity contribution is 6.30. The summed E-state index contributed by atoms with van der Waals surface area (Å²) in [6.45, 7) is 0. The Labute approximate surface area is 65.0 Å². The van der Waals surface area contributed by atoms with Crippen molar-refractivity contribution >= 4 is 11.6 Å². The second kappa shape index (κ2) is 2.65. The Morgan fingerprint density at radius 3 is 2.45 bits per heavy atom. The number of alkyl halides is 3. The molecule has 0 bridgehead atoms. The lowest BCUT2D eigenvalue weighted by Gasteiger charge is -2.01. The Morgan fingerprint density at radius 2 is 2.09 bits per heavy atom. The summed E-state index contributed by atoms with van der Waals surface area (Å²) >= 11 is 5.21. The van der Waals surface area contributed by atoms with Crippen molar-refractivity contribution in [3.05, 3.63) is 23.2 Å². The largest absolute Gasteiger partial charge is 0.451 e. The molecule has 0 aliphatic heterocycles. The molecule has 0 spiro atoms. The predicted octanol–water partition coefficient (Wildman–Crippen LogP) is 1.95. The molecule has 0 atom stereocenters. The molecule has 2 nitrogen and oxygen atoms in total. The van der Waals surface area contributed by atoms with E-state index in [4.69, 9.17) is 11.6 Å². The van der Waals surface area contributed by atoms with Gasteiger partial charge in [0.2, 0.25) is 5.82 Å². The molecule has 6 heteroatoms. The SMILES string of the molecule is FC(F)(F)c1n[c]c(Cl)cn1. The van der Waals surface area contributed by atoms with E-state index in [1.165, 1.54) is 0 Å². The smallest absolute Gasteiger partial charge is 0.231 e. The van der Waals surface area contributed by atoms with Gasteiger partial charge in [-0.1, -0.05) is 11.6 Å². The van der Waals surface area contributed by atoms with Crippen LogP contribution in [0.25, 0.3) is 0 Å². The molecule has 1 rings (SSSR count). The molecule has 1 radical (unpaired) electrons. The van der Waals surface area contributed by atoms with E-state index < -0.39 is 12.0 Å². The summed E-state index contributed by atoms with van der Waals surface area (Å²) in [6, 6.07) is 0. The fraction of sp³-hybridized carbons (Fsp3) is 0.200. The molecule has 0 N–H and O–H groups in total. The second-order valence-corrected chi connectivity index (χ2v) is 2.06. The minimum absolute atomic E-state index is 0.0435. The first-order chi connectivity index (χ1) is 5.00. The normalized spacial score (nSPS) is 11.6. The van der Waals surface area contributed by atoms with Crippen molar-refractivity contribution < 1.29 is 13.2 Å². The number of halogens is 4. The van der Waals surface area contributed by atoms with Gasteiger partial charge in [0.05, 0.1) is 11.2 Å². The van der Waals surface area contributed by atoms with Gasteiger partial charge in [-0.2, -0.15) is 13.2 Å². The summed E-state index contributed by atoms with van der Waals surface area (Å²) < 4.78 is 35.2. The molecule has 11 heavy (non-hydrogen) atoms. The van der Waals surface area contributed by atoms with Crippen LogP contribution in [0.4, 0.5) is 13.2 Å². The number of hydrogen-bond donors (Lipinski definition) is 0. The summed E-state index contributed by atoms with van der Waals surface area (Å²) in [7, 11) is 0. The Morgan fingerprint density at radius 1 is 1.45 bits per heavy atom. The summed E-state index contributed by atoms with van der Waals surface area (Å²) in [5.74, 6) is -1.23. The topological polar surface area (TPSA) is 25.8 Å². The Bertz CT molecular complexity index is 243. The Kier molecular flexibility index (Phi) is 1.99. The first-order valence-electron chi connectivity index (χ1n) is 2.47. The van der Waals surface area contributed by atoms with Crippen LogP contribution in [0.1, 0.15) is 5.82 Å². The molecule has 0 unspecified atom stereocenters. The van der Waals surface area contributed by atoms with Crippen LogP contribution in [0.3, 0.4) is 0 Å². The van der Waals surface area contributed by atoms with Crippen molar-refractivity contribution in [2.75, 3.05) is 0 Å². The van der Waals surface area contributed by atoms with Gasteiger partial charge in [-0.3, -0.25) is 0 Å². The van der Waals surface area contributed by atoms with E-state index in [0.29, 0.717) is 0 Å². The number of hydrogen-bond acceptors (Lipinski definition) is 2. The highest BCUT2D eigenvalue weighted by atomic mass is 35.5. The lowest BCUT2D eigenvalue weighted by Crippen LogP contribution is -2.10. The highest BCUT2D eigenvalue weighted by Crippen LogP contribution is 2.25. The van der Waals surface area contributed by atoms with E-state index in [1.54, 1.807) is 0 Å². The minimum Gasteiger partial charge on any atom is -0.231 e. The quantitative estimate of drug-likeness (QED) is 0.611. The van der Waals surface area contributed by atoms with E-state index >= 15 is 0 Å². The molecule has 0 saturated heterocycles. The third-order valence-electron chi connectivity index (χ3n) is 0.822. The van der Waals surface area contributed by atoms with Gasteiger partial charge < -0.3 is 0 Å². The average molecular weight is 182 g/mol. The van der Waals surface area contributed by atoms with Gasteiger partial charge in [0, 0.05) is 0 Å². The molecule has 0 amide bonds. The fourth-order valence-electron chi connectivity index (χ4n) is 0.418. The van der Waals surface area contributed by atoms with Gasteiger partial charge in [-0.25, -0.2) is 9.97 Å². The molecule has 0 aromatic carbocycles. The number of rotatable bonds is 0. The van der Waals surface area contributed by atoms with Gasteiger partial charge in [0.25, 0.3) is 0 Å². The van der Waals surface area contributed by atoms with Crippen LogP contribution in [0.5, 0.6) is 0 Å². The van der Waals surface area contributed by atoms with Crippen LogP contribution < -0.4 is 0 Å². The van der Waals surface area contributed by atoms with E-state index in [9.17, 15) is 13.2 Å². The fourth-order valence-corrected chi connectivity index (χ4v) is 0.510. The maximum Gasteiger partial charge on any atom is 0.451 e. The maximum absolute atomic E-state index is 11.7. The first-order valence-corrected chi connectivity index (χ1v) is 2.85. The highest BCUT2D eigenvalue weighted by Gasteiger charge is 2.34. The monoisotopic (exact) mass is 181 g/mol. The van der Waals surface area contributed by atoms with Gasteiger partial charge in [-0.15, -0.1) is 0 Å². The van der Waals surface area contributed by atoms with Gasteiger partial charge in [-0.05, 0) is 0 Å². The van der Waals surface area contributed by atoms with E-state index in [0.717, 1.165) is 6.20 Å². The van der Waals surface area contributed by atoms with Crippen molar-refractivity contribution in [3.8, 4) is 0 Å². The van der Waals surface area contributed by atoms with Crippen LogP contribution in [-0.2, 0) is 6.18 Å². The number of nitrogens with zero attached hydrogens (tertiary/aromatic N) is 2. The third-order valence-corrected chi connectivity index (χ3v) is 1.00. The summed E-state index contributed by atoms with van der Waals surface area (Å²) in [6.07, 6.45) is -1.74. The summed E-state index contributed by atoms with van der Waals surface area (Å²) in [5, 5.41) is -0.0435. The van der Waals surface area contributed by atoms with E-state index in [-0.39, 0.29) is 5.02 Å². The van der Waals surface area contributed by atoms with Crippen molar-refractivity contribution in [3.63, 3.8) is 0 Å². The third kappa shape index (κ3) is 2.04. The van der Waals surface area contributed by atoms with Crippen LogP contribution in [0.15, 0.2) is 6.20 Å². The van der Waals surface area contributed by atoms with Crippen LogP contribution in [0, 0.1) is 6.20 Å². The van der Waals surface area contributed by atoms with E-state index in [1.807, 2.05) is 6.20 Å². The van der Waals surface area contributed by atoms with E-state index in [2.05, 4.69) is 9.97 Å². The standard InChI is InChI=1S/C5HClF3N2/c6-3-1-10-4(11-2-3)5(7,8)9/h1H. The van der Waals surface area contributed by atoms with Crippen molar-refractivity contribution in [1.82, 2.24) is 9.97 Å². The van der Waals surface area contributed by atoms with Gasteiger partial charge in [0.1, 0.15) is 6.20 Å². The van der Waals surface area contributed by atoms with Crippen molar-refractivity contribution in [2.24, 2.45) is 0 Å². The molecular formula is C5HClF3N2. The molecule has 0 saturated carbocycles. The maximum atomic E-state index is 11.7. The molecule has 0 aliphatic carbocycles. The van der Waals surface area contributed by atoms with Gasteiger partial charge >= 0.3 is 6.18 Å². The number of aromatic nitrogens is 2. The molecule has 1 aromatic rings. The zero-order valence-corrected chi connectivity index (χ0v) is 5.74. The molecule has 1 heterocycles. The van der Waals surface area contributed by atoms with Crippen molar-refractivity contribution in [1.29, 1.82) is 0 Å². The van der Waals surface area contributed by atoms with Crippen molar-refractivity contribution in [2.45, 2.75) is 6.18 Å². The molecule has 59 valence electrons. The minimum atomic E-state index is -4.53. The molecule has 0 aliphatic rings. The van der Waals surface area contributed by atoms with Gasteiger partial charge in [0.15, 0.2) is 0 Å². The average Bonchev–Trinajstić information content (AvgIpc) is 1.86. The first kappa shape index (κ1) is 8.26. The second-order valence-electron chi connectivity index (χ2n) is 1.65. The summed E-state index contributed by atoms with van der Waals surface area (Å²) in [4.78, 5) is 5.81. The lowest BCUT2D eigenvalue weighted by molar-refractivity contribution is -0.145. The Hall–Kier alpha value is -0.840.